The SMILES string of the molecule is COCCNC(=O)CNc1ccc(OC)nc1. The van der Waals surface area contributed by atoms with Crippen LogP contribution in [0.1, 0.15) is 0 Å². The van der Waals surface area contributed by atoms with Gasteiger partial charge in [-0.1, -0.05) is 0 Å². The lowest BCUT2D eigenvalue weighted by molar-refractivity contribution is -0.119. The first-order valence-electron chi connectivity index (χ1n) is 5.26. The Bertz CT molecular complexity index is 340. The molecule has 1 aromatic rings. The number of carbonyl (C=O) groups is 1. The fourth-order valence-corrected chi connectivity index (χ4v) is 1.14. The fraction of sp³-hybridized carbons (Fsp3) is 0.455. The van der Waals surface area contributed by atoms with Crippen LogP contribution in [0.4, 0.5) is 5.69 Å². The van der Waals surface area contributed by atoms with Crippen molar-refractivity contribution >= 4 is 11.6 Å². The van der Waals surface area contributed by atoms with Gasteiger partial charge in [-0.2, -0.15) is 0 Å². The lowest BCUT2D eigenvalue weighted by Gasteiger charge is -2.07. The zero-order valence-corrected chi connectivity index (χ0v) is 10.0. The first-order valence-corrected chi connectivity index (χ1v) is 5.26. The van der Waals surface area contributed by atoms with Gasteiger partial charge in [0.15, 0.2) is 0 Å². The van der Waals surface area contributed by atoms with Gasteiger partial charge in [-0.3, -0.25) is 4.79 Å². The van der Waals surface area contributed by atoms with Gasteiger partial charge in [0.25, 0.3) is 0 Å². The van der Waals surface area contributed by atoms with Gasteiger partial charge in [0, 0.05) is 19.7 Å². The molecule has 0 radical (unpaired) electrons. The minimum absolute atomic E-state index is 0.0853. The van der Waals surface area contributed by atoms with Crippen molar-refractivity contribution in [2.45, 2.75) is 0 Å². The van der Waals surface area contributed by atoms with Crippen molar-refractivity contribution in [3.8, 4) is 5.88 Å². The summed E-state index contributed by atoms with van der Waals surface area (Å²) < 4.78 is 9.75. The molecule has 94 valence electrons. The molecule has 0 bridgehead atoms. The van der Waals surface area contributed by atoms with Gasteiger partial charge < -0.3 is 20.1 Å². The van der Waals surface area contributed by atoms with Crippen LogP contribution in [0.2, 0.25) is 0 Å². The zero-order valence-electron chi connectivity index (χ0n) is 10.0. The van der Waals surface area contributed by atoms with E-state index in [1.54, 1.807) is 32.5 Å². The molecule has 0 aliphatic rings. The third kappa shape index (κ3) is 5.17. The molecule has 2 N–H and O–H groups in total. The highest BCUT2D eigenvalue weighted by molar-refractivity contribution is 5.80. The van der Waals surface area contributed by atoms with Crippen LogP contribution in [0.25, 0.3) is 0 Å². The summed E-state index contributed by atoms with van der Waals surface area (Å²) in [6.45, 7) is 1.23. The Labute approximate surface area is 100 Å². The maximum absolute atomic E-state index is 11.3. The highest BCUT2D eigenvalue weighted by Crippen LogP contribution is 2.10. The van der Waals surface area contributed by atoms with Gasteiger partial charge in [-0.05, 0) is 6.07 Å². The van der Waals surface area contributed by atoms with Crippen LogP contribution in [0.3, 0.4) is 0 Å². The van der Waals surface area contributed by atoms with E-state index in [9.17, 15) is 4.79 Å². The van der Waals surface area contributed by atoms with Crippen LogP contribution in [0, 0.1) is 0 Å². The summed E-state index contributed by atoms with van der Waals surface area (Å²) in [7, 11) is 3.14. The molecule has 1 aromatic heterocycles. The van der Waals surface area contributed by atoms with Crippen LogP contribution < -0.4 is 15.4 Å². The second-order valence-corrected chi connectivity index (χ2v) is 3.29. The van der Waals surface area contributed by atoms with E-state index in [2.05, 4.69) is 15.6 Å². The molecule has 0 saturated carbocycles. The Hall–Kier alpha value is -1.82. The summed E-state index contributed by atoms with van der Waals surface area (Å²) >= 11 is 0. The molecule has 0 fully saturated rings. The number of hydrogen-bond donors (Lipinski definition) is 2. The fourth-order valence-electron chi connectivity index (χ4n) is 1.14. The molecular formula is C11H17N3O3. The second kappa shape index (κ2) is 7.45. The largest absolute Gasteiger partial charge is 0.481 e. The van der Waals surface area contributed by atoms with Crippen LogP contribution in [0.5, 0.6) is 5.88 Å². The molecule has 17 heavy (non-hydrogen) atoms. The predicted molar refractivity (Wildman–Crippen MR) is 64.2 cm³/mol. The van der Waals surface area contributed by atoms with Gasteiger partial charge >= 0.3 is 0 Å². The number of hydrogen-bond acceptors (Lipinski definition) is 5. The van der Waals surface area contributed by atoms with Crippen molar-refractivity contribution in [3.63, 3.8) is 0 Å². The molecule has 6 nitrogen and oxygen atoms in total. The summed E-state index contributed by atoms with van der Waals surface area (Å²) in [5.74, 6) is 0.456. The zero-order chi connectivity index (χ0) is 12.5. The first kappa shape index (κ1) is 13.2. The van der Waals surface area contributed by atoms with Gasteiger partial charge in [0.1, 0.15) is 0 Å². The van der Waals surface area contributed by atoms with E-state index >= 15 is 0 Å². The summed E-state index contributed by atoms with van der Waals surface area (Å²) in [6, 6.07) is 3.53. The van der Waals surface area contributed by atoms with E-state index in [1.165, 1.54) is 0 Å². The molecule has 6 heteroatoms. The highest BCUT2D eigenvalue weighted by atomic mass is 16.5. The molecule has 1 rings (SSSR count). The van der Waals surface area contributed by atoms with Crippen molar-refractivity contribution in [2.24, 2.45) is 0 Å². The van der Waals surface area contributed by atoms with E-state index in [-0.39, 0.29) is 12.5 Å². The summed E-state index contributed by atoms with van der Waals surface area (Å²) in [4.78, 5) is 15.4. The lowest BCUT2D eigenvalue weighted by atomic mass is 10.4. The Kier molecular flexibility index (Phi) is 5.81. The van der Waals surface area contributed by atoms with Crippen molar-refractivity contribution in [3.05, 3.63) is 18.3 Å². The smallest absolute Gasteiger partial charge is 0.239 e. The molecule has 0 atom stereocenters. The average Bonchev–Trinajstić information content (AvgIpc) is 2.37. The molecule has 0 unspecified atom stereocenters. The Morgan fingerprint density at radius 2 is 2.24 bits per heavy atom. The quantitative estimate of drug-likeness (QED) is 0.668. The Balaban J connectivity index is 2.27. The summed E-state index contributed by atoms with van der Waals surface area (Å²) in [6.07, 6.45) is 1.61. The van der Waals surface area contributed by atoms with Crippen LogP contribution in [0.15, 0.2) is 18.3 Å². The van der Waals surface area contributed by atoms with E-state index in [1.807, 2.05) is 0 Å². The molecule has 0 spiro atoms. The van der Waals surface area contributed by atoms with E-state index in [0.29, 0.717) is 19.0 Å². The lowest BCUT2D eigenvalue weighted by Crippen LogP contribution is -2.32. The number of amides is 1. The number of nitrogens with one attached hydrogen (secondary N) is 2. The topological polar surface area (TPSA) is 72.5 Å². The van der Waals surface area contributed by atoms with Gasteiger partial charge in [-0.15, -0.1) is 0 Å². The average molecular weight is 239 g/mol. The monoisotopic (exact) mass is 239 g/mol. The van der Waals surface area contributed by atoms with E-state index in [0.717, 1.165) is 5.69 Å². The number of ether oxygens (including phenoxy) is 2. The van der Waals surface area contributed by atoms with Crippen molar-refractivity contribution in [1.29, 1.82) is 0 Å². The van der Waals surface area contributed by atoms with E-state index < -0.39 is 0 Å². The molecule has 1 amide bonds. The molecule has 0 aliphatic heterocycles. The van der Waals surface area contributed by atoms with Crippen molar-refractivity contribution in [2.75, 3.05) is 39.2 Å². The Morgan fingerprint density at radius 3 is 2.82 bits per heavy atom. The molecule has 0 aromatic carbocycles. The number of methoxy groups -OCH3 is 2. The predicted octanol–water partition coefficient (Wildman–Crippen LogP) is 0.265. The van der Waals surface area contributed by atoms with Gasteiger partial charge in [0.2, 0.25) is 11.8 Å². The van der Waals surface area contributed by atoms with E-state index in [4.69, 9.17) is 9.47 Å². The molecule has 1 heterocycles. The highest BCUT2D eigenvalue weighted by Gasteiger charge is 2.00. The minimum atomic E-state index is -0.0853. The van der Waals surface area contributed by atoms with Crippen molar-refractivity contribution in [1.82, 2.24) is 10.3 Å². The van der Waals surface area contributed by atoms with Crippen LogP contribution in [-0.2, 0) is 9.53 Å². The second-order valence-electron chi connectivity index (χ2n) is 3.29. The maximum atomic E-state index is 11.3. The van der Waals surface area contributed by atoms with Crippen LogP contribution >= 0.6 is 0 Å². The number of anilines is 1. The molecule has 0 saturated heterocycles. The molecule has 0 aliphatic carbocycles. The Morgan fingerprint density at radius 1 is 1.41 bits per heavy atom. The molecular weight excluding hydrogens is 222 g/mol. The first-order chi connectivity index (χ1) is 8.26. The number of nitrogens with zero attached hydrogens (tertiary/aromatic N) is 1. The van der Waals surface area contributed by atoms with Crippen molar-refractivity contribution < 1.29 is 14.3 Å². The van der Waals surface area contributed by atoms with Gasteiger partial charge in [-0.25, -0.2) is 4.98 Å². The number of aromatic nitrogens is 1. The number of pyridine rings is 1. The standard InChI is InChI=1S/C11H17N3O3/c1-16-6-5-12-10(15)8-13-9-3-4-11(17-2)14-7-9/h3-4,7,13H,5-6,8H2,1-2H3,(H,12,15). The third-order valence-corrected chi connectivity index (χ3v) is 2.03. The van der Waals surface area contributed by atoms with Crippen LogP contribution in [-0.4, -0.2) is 44.8 Å². The summed E-state index contributed by atoms with van der Waals surface area (Å²) in [5.41, 5.74) is 0.771. The minimum Gasteiger partial charge on any atom is -0.481 e. The number of rotatable bonds is 7. The van der Waals surface area contributed by atoms with Gasteiger partial charge in [0.05, 0.1) is 32.1 Å². The number of carbonyl (C=O) groups excluding carboxylic acids is 1. The maximum Gasteiger partial charge on any atom is 0.239 e. The third-order valence-electron chi connectivity index (χ3n) is 2.03. The normalized spacial score (nSPS) is 9.76. The summed E-state index contributed by atoms with van der Waals surface area (Å²) in [5, 5.41) is 5.66.